The summed E-state index contributed by atoms with van der Waals surface area (Å²) in [5.41, 5.74) is 1.15. The molecule has 1 aromatic heterocycles. The molecule has 30 heavy (non-hydrogen) atoms. The summed E-state index contributed by atoms with van der Waals surface area (Å²) in [6.45, 7) is 4.09. The van der Waals surface area contributed by atoms with E-state index in [0.29, 0.717) is 23.7 Å². The first kappa shape index (κ1) is 21.3. The van der Waals surface area contributed by atoms with E-state index < -0.39 is 17.6 Å². The van der Waals surface area contributed by atoms with Crippen LogP contribution < -0.4 is 15.4 Å². The third kappa shape index (κ3) is 4.57. The molecule has 0 unspecified atom stereocenters. The zero-order valence-corrected chi connectivity index (χ0v) is 17.2. The Balaban J connectivity index is 1.83. The summed E-state index contributed by atoms with van der Waals surface area (Å²) in [7, 11) is 1.43. The lowest BCUT2D eigenvalue weighted by Gasteiger charge is -2.13. The molecule has 0 radical (unpaired) electrons. The molecule has 0 bridgehead atoms. The molecular weight excluding hydrogens is 413 g/mol. The lowest BCUT2D eigenvalue weighted by atomic mass is 10.2. The van der Waals surface area contributed by atoms with E-state index in [1.54, 1.807) is 19.1 Å². The van der Waals surface area contributed by atoms with Gasteiger partial charge in [0.05, 0.1) is 30.6 Å². The number of benzene rings is 2. The number of anilines is 2. The molecule has 0 spiro atoms. The van der Waals surface area contributed by atoms with Crippen molar-refractivity contribution in [3.63, 3.8) is 0 Å². The number of aryl methyl sites for hydroxylation is 2. The first-order chi connectivity index (χ1) is 14.3. The number of nitrogens with zero attached hydrogens (tertiary/aromatic N) is 3. The van der Waals surface area contributed by atoms with E-state index >= 15 is 0 Å². The zero-order chi connectivity index (χ0) is 21.8. The second-order valence-corrected chi connectivity index (χ2v) is 6.71. The Labute approximate surface area is 177 Å². The van der Waals surface area contributed by atoms with Crippen molar-refractivity contribution in [1.82, 2.24) is 15.0 Å². The number of nitrogens with one attached hydrogen (secondary N) is 2. The highest BCUT2D eigenvalue weighted by Crippen LogP contribution is 2.29. The van der Waals surface area contributed by atoms with E-state index in [1.165, 1.54) is 30.1 Å². The zero-order valence-electron chi connectivity index (χ0n) is 16.5. The van der Waals surface area contributed by atoms with E-state index in [-0.39, 0.29) is 22.0 Å². The standard InChI is InChI=1S/C20H19ClFN5O3/c1-4-27-25-11(2)18(26-27)20(29)23-13-6-8-17(30-3)16(10-13)24-19(28)14-7-5-12(21)9-15(14)22/h5-10H,4H2,1-3H3,(H,23,29)(H,24,28). The van der Waals surface area contributed by atoms with Crippen LogP contribution in [0.1, 0.15) is 33.5 Å². The second kappa shape index (κ2) is 8.91. The molecule has 0 aliphatic carbocycles. The van der Waals surface area contributed by atoms with E-state index in [4.69, 9.17) is 16.3 Å². The first-order valence-corrected chi connectivity index (χ1v) is 9.37. The lowest BCUT2D eigenvalue weighted by Crippen LogP contribution is -2.16. The summed E-state index contributed by atoms with van der Waals surface area (Å²) < 4.78 is 19.3. The van der Waals surface area contributed by atoms with Gasteiger partial charge in [-0.2, -0.15) is 9.90 Å². The van der Waals surface area contributed by atoms with Crippen molar-refractivity contribution in [2.75, 3.05) is 17.7 Å². The van der Waals surface area contributed by atoms with E-state index in [1.807, 2.05) is 6.92 Å². The second-order valence-electron chi connectivity index (χ2n) is 6.27. The minimum atomic E-state index is -0.752. The molecule has 0 aliphatic heterocycles. The van der Waals surface area contributed by atoms with Crippen LogP contribution in [0.4, 0.5) is 15.8 Å². The number of hydrogen-bond donors (Lipinski definition) is 2. The number of rotatable bonds is 6. The fourth-order valence-electron chi connectivity index (χ4n) is 2.72. The largest absolute Gasteiger partial charge is 0.495 e. The van der Waals surface area contributed by atoms with Gasteiger partial charge in [-0.25, -0.2) is 4.39 Å². The van der Waals surface area contributed by atoms with Crippen LogP contribution >= 0.6 is 11.6 Å². The number of hydrogen-bond acceptors (Lipinski definition) is 5. The van der Waals surface area contributed by atoms with Crippen LogP contribution in [0.2, 0.25) is 5.02 Å². The van der Waals surface area contributed by atoms with Crippen LogP contribution in [-0.4, -0.2) is 33.9 Å². The van der Waals surface area contributed by atoms with Gasteiger partial charge in [0, 0.05) is 10.7 Å². The Morgan fingerprint density at radius 2 is 1.90 bits per heavy atom. The molecule has 2 N–H and O–H groups in total. The van der Waals surface area contributed by atoms with Crippen molar-refractivity contribution >= 4 is 34.8 Å². The van der Waals surface area contributed by atoms with Crippen molar-refractivity contribution in [3.05, 3.63) is 64.2 Å². The van der Waals surface area contributed by atoms with Crippen LogP contribution in [0.25, 0.3) is 0 Å². The quantitative estimate of drug-likeness (QED) is 0.616. The van der Waals surface area contributed by atoms with Crippen molar-refractivity contribution in [3.8, 4) is 5.75 Å². The molecule has 8 nitrogen and oxygen atoms in total. The summed E-state index contributed by atoms with van der Waals surface area (Å²) in [5, 5.41) is 13.8. The molecule has 0 fully saturated rings. The number of halogens is 2. The summed E-state index contributed by atoms with van der Waals surface area (Å²) in [6, 6.07) is 8.43. The Morgan fingerprint density at radius 1 is 1.13 bits per heavy atom. The molecule has 0 saturated heterocycles. The molecule has 156 valence electrons. The maximum atomic E-state index is 14.0. The van der Waals surface area contributed by atoms with Gasteiger partial charge in [0.15, 0.2) is 5.69 Å². The molecule has 0 atom stereocenters. The van der Waals surface area contributed by atoms with E-state index in [2.05, 4.69) is 20.8 Å². The highest BCUT2D eigenvalue weighted by molar-refractivity contribution is 6.30. The van der Waals surface area contributed by atoms with Crippen molar-refractivity contribution in [1.29, 1.82) is 0 Å². The molecular formula is C20H19ClFN5O3. The van der Waals surface area contributed by atoms with Crippen LogP contribution in [0, 0.1) is 12.7 Å². The minimum absolute atomic E-state index is 0.178. The highest BCUT2D eigenvalue weighted by atomic mass is 35.5. The Kier molecular flexibility index (Phi) is 6.31. The molecule has 3 rings (SSSR count). The molecule has 3 aromatic rings. The van der Waals surface area contributed by atoms with Gasteiger partial charge < -0.3 is 15.4 Å². The Bertz CT molecular complexity index is 1120. The Hall–Kier alpha value is -3.46. The highest BCUT2D eigenvalue weighted by Gasteiger charge is 2.18. The van der Waals surface area contributed by atoms with Crippen LogP contribution in [0.3, 0.4) is 0 Å². The Morgan fingerprint density at radius 3 is 2.53 bits per heavy atom. The molecule has 0 aliphatic rings. The van der Waals surface area contributed by atoms with Crippen LogP contribution in [0.15, 0.2) is 36.4 Å². The summed E-state index contributed by atoms with van der Waals surface area (Å²) >= 11 is 5.73. The lowest BCUT2D eigenvalue weighted by molar-refractivity contribution is 0.101. The van der Waals surface area contributed by atoms with Crippen molar-refractivity contribution in [2.24, 2.45) is 0 Å². The minimum Gasteiger partial charge on any atom is -0.495 e. The summed E-state index contributed by atoms with van der Waals surface area (Å²) in [5.74, 6) is -1.55. The van der Waals surface area contributed by atoms with Gasteiger partial charge in [-0.05, 0) is 50.2 Å². The number of aromatic nitrogens is 3. The molecule has 10 heteroatoms. The summed E-state index contributed by atoms with van der Waals surface area (Å²) in [4.78, 5) is 26.5. The number of carbonyl (C=O) groups is 2. The SMILES string of the molecule is CCn1nc(C)c(C(=O)Nc2ccc(OC)c(NC(=O)c3ccc(Cl)cc3F)c2)n1. The number of methoxy groups -OCH3 is 1. The normalized spacial score (nSPS) is 10.6. The van der Waals surface area contributed by atoms with Gasteiger partial charge in [0.2, 0.25) is 0 Å². The van der Waals surface area contributed by atoms with Gasteiger partial charge in [-0.1, -0.05) is 11.6 Å². The van der Waals surface area contributed by atoms with Crippen LogP contribution in [0.5, 0.6) is 5.75 Å². The number of amides is 2. The van der Waals surface area contributed by atoms with E-state index in [9.17, 15) is 14.0 Å². The topological polar surface area (TPSA) is 98.1 Å². The molecule has 2 aromatic carbocycles. The average Bonchev–Trinajstić information content (AvgIpc) is 3.09. The average molecular weight is 432 g/mol. The predicted octanol–water partition coefficient (Wildman–Crippen LogP) is 3.91. The fourth-order valence-corrected chi connectivity index (χ4v) is 2.88. The number of ether oxygens (including phenoxy) is 1. The maximum absolute atomic E-state index is 14.0. The monoisotopic (exact) mass is 431 g/mol. The van der Waals surface area contributed by atoms with Crippen molar-refractivity contribution in [2.45, 2.75) is 20.4 Å². The van der Waals surface area contributed by atoms with E-state index in [0.717, 1.165) is 6.07 Å². The van der Waals surface area contributed by atoms with Gasteiger partial charge in [-0.3, -0.25) is 9.59 Å². The summed E-state index contributed by atoms with van der Waals surface area (Å²) in [6.07, 6.45) is 0. The third-order valence-corrected chi connectivity index (χ3v) is 4.44. The van der Waals surface area contributed by atoms with Gasteiger partial charge in [-0.15, -0.1) is 5.10 Å². The smallest absolute Gasteiger partial charge is 0.278 e. The van der Waals surface area contributed by atoms with Crippen LogP contribution in [-0.2, 0) is 6.54 Å². The van der Waals surface area contributed by atoms with Gasteiger partial charge >= 0.3 is 0 Å². The fraction of sp³-hybridized carbons (Fsp3) is 0.200. The van der Waals surface area contributed by atoms with Crippen molar-refractivity contribution < 1.29 is 18.7 Å². The maximum Gasteiger partial charge on any atom is 0.278 e. The third-order valence-electron chi connectivity index (χ3n) is 4.20. The molecule has 2 amide bonds. The van der Waals surface area contributed by atoms with Gasteiger partial charge in [0.1, 0.15) is 11.6 Å². The molecule has 0 saturated carbocycles. The molecule has 1 heterocycles. The number of carbonyl (C=O) groups excluding carboxylic acids is 2. The predicted molar refractivity (Wildman–Crippen MR) is 111 cm³/mol. The van der Waals surface area contributed by atoms with Gasteiger partial charge in [0.25, 0.3) is 11.8 Å². The first-order valence-electron chi connectivity index (χ1n) is 9.00.